The third-order valence-corrected chi connectivity index (χ3v) is 2.52. The molecule has 0 saturated heterocycles. The maximum atomic E-state index is 5.08. The first-order valence-electron chi connectivity index (χ1n) is 5.69. The highest BCUT2D eigenvalue weighted by molar-refractivity contribution is 5.79. The van der Waals surface area contributed by atoms with Gasteiger partial charge in [-0.3, -0.25) is 0 Å². The summed E-state index contributed by atoms with van der Waals surface area (Å²) in [5.74, 6) is 5.08. The quantitative estimate of drug-likeness (QED) is 0.329. The molecule has 1 aromatic carbocycles. The number of unbranched alkanes of at least 4 members (excludes halogenated alkanes) is 3. The summed E-state index contributed by atoms with van der Waals surface area (Å²) in [7, 11) is 0. The lowest BCUT2D eigenvalue weighted by Gasteiger charge is -2.01. The van der Waals surface area contributed by atoms with E-state index in [1.807, 2.05) is 0 Å². The van der Waals surface area contributed by atoms with Gasteiger partial charge in [0.2, 0.25) is 0 Å². The van der Waals surface area contributed by atoms with Crippen molar-refractivity contribution in [1.82, 2.24) is 0 Å². The molecule has 0 aromatic heterocycles. The van der Waals surface area contributed by atoms with E-state index >= 15 is 0 Å². The Kier molecular flexibility index (Phi) is 5.52. The standard InChI is InChI=1S/C13H20N2/c1-2-3-4-5-6-12-7-9-13(10-8-12)11-15-14/h7-11H,2-6,14H2,1H3/b15-11+. The Hall–Kier alpha value is -1.31. The smallest absolute Gasteiger partial charge is 0.0538 e. The molecule has 0 amide bonds. The summed E-state index contributed by atoms with van der Waals surface area (Å²) in [6, 6.07) is 8.43. The van der Waals surface area contributed by atoms with Gasteiger partial charge in [0.15, 0.2) is 0 Å². The van der Waals surface area contributed by atoms with Crippen molar-refractivity contribution in [1.29, 1.82) is 0 Å². The summed E-state index contributed by atoms with van der Waals surface area (Å²) >= 11 is 0. The first kappa shape index (κ1) is 11.8. The summed E-state index contributed by atoms with van der Waals surface area (Å²) < 4.78 is 0. The lowest BCUT2D eigenvalue weighted by atomic mass is 10.1. The summed E-state index contributed by atoms with van der Waals surface area (Å²) in [5, 5.41) is 3.50. The van der Waals surface area contributed by atoms with Gasteiger partial charge in [-0.1, -0.05) is 50.5 Å². The van der Waals surface area contributed by atoms with Gasteiger partial charge in [-0.25, -0.2) is 0 Å². The van der Waals surface area contributed by atoms with E-state index in [0.29, 0.717) is 0 Å². The Morgan fingerprint density at radius 3 is 2.47 bits per heavy atom. The van der Waals surface area contributed by atoms with Crippen LogP contribution in [0.3, 0.4) is 0 Å². The van der Waals surface area contributed by atoms with E-state index in [2.05, 4.69) is 36.3 Å². The van der Waals surface area contributed by atoms with Crippen LogP contribution in [0.5, 0.6) is 0 Å². The molecule has 15 heavy (non-hydrogen) atoms. The van der Waals surface area contributed by atoms with Crippen molar-refractivity contribution in [2.45, 2.75) is 39.0 Å². The molecular weight excluding hydrogens is 184 g/mol. The zero-order valence-corrected chi connectivity index (χ0v) is 9.45. The number of hydrogen-bond donors (Lipinski definition) is 1. The zero-order valence-electron chi connectivity index (χ0n) is 9.45. The minimum atomic E-state index is 1.06. The van der Waals surface area contributed by atoms with Crippen LogP contribution in [0.4, 0.5) is 0 Å². The summed E-state index contributed by atoms with van der Waals surface area (Å²) in [6.07, 6.45) is 8.12. The topological polar surface area (TPSA) is 38.4 Å². The molecular formula is C13H20N2. The molecule has 1 aromatic rings. The van der Waals surface area contributed by atoms with Gasteiger partial charge in [0, 0.05) is 0 Å². The minimum absolute atomic E-state index is 1.06. The lowest BCUT2D eigenvalue weighted by Crippen LogP contribution is -1.89. The largest absolute Gasteiger partial charge is 0.323 e. The van der Waals surface area contributed by atoms with Gasteiger partial charge in [-0.05, 0) is 24.0 Å². The molecule has 0 fully saturated rings. The maximum absolute atomic E-state index is 5.08. The second-order valence-corrected chi connectivity index (χ2v) is 3.83. The van der Waals surface area contributed by atoms with Crippen LogP contribution in [0.15, 0.2) is 29.4 Å². The van der Waals surface area contributed by atoms with Crippen LogP contribution < -0.4 is 5.84 Å². The van der Waals surface area contributed by atoms with Crippen LogP contribution in [0, 0.1) is 0 Å². The predicted molar refractivity (Wildman–Crippen MR) is 66.1 cm³/mol. The van der Waals surface area contributed by atoms with E-state index in [-0.39, 0.29) is 0 Å². The number of hydrogen-bond acceptors (Lipinski definition) is 2. The van der Waals surface area contributed by atoms with Crippen LogP contribution in [0.25, 0.3) is 0 Å². The molecule has 0 unspecified atom stereocenters. The lowest BCUT2D eigenvalue weighted by molar-refractivity contribution is 0.667. The molecule has 0 bridgehead atoms. The Balaban J connectivity index is 2.36. The Morgan fingerprint density at radius 2 is 1.87 bits per heavy atom. The molecule has 0 aliphatic rings. The van der Waals surface area contributed by atoms with E-state index in [9.17, 15) is 0 Å². The van der Waals surface area contributed by atoms with Crippen molar-refractivity contribution in [3.63, 3.8) is 0 Å². The van der Waals surface area contributed by atoms with Crippen molar-refractivity contribution < 1.29 is 0 Å². The van der Waals surface area contributed by atoms with Crippen molar-refractivity contribution in [3.05, 3.63) is 35.4 Å². The fraction of sp³-hybridized carbons (Fsp3) is 0.462. The summed E-state index contributed by atoms with van der Waals surface area (Å²) in [4.78, 5) is 0. The molecule has 2 heteroatoms. The van der Waals surface area contributed by atoms with Gasteiger partial charge in [0.25, 0.3) is 0 Å². The average molecular weight is 204 g/mol. The number of nitrogens with zero attached hydrogens (tertiary/aromatic N) is 1. The van der Waals surface area contributed by atoms with Crippen LogP contribution >= 0.6 is 0 Å². The second-order valence-electron chi connectivity index (χ2n) is 3.83. The molecule has 0 aliphatic heterocycles. The highest BCUT2D eigenvalue weighted by atomic mass is 15.1. The van der Waals surface area contributed by atoms with Crippen LogP contribution in [-0.4, -0.2) is 6.21 Å². The normalized spacial score (nSPS) is 11.0. The fourth-order valence-electron chi connectivity index (χ4n) is 1.61. The van der Waals surface area contributed by atoms with Gasteiger partial charge >= 0.3 is 0 Å². The maximum Gasteiger partial charge on any atom is 0.0538 e. The van der Waals surface area contributed by atoms with Gasteiger partial charge < -0.3 is 5.84 Å². The summed E-state index contributed by atoms with van der Waals surface area (Å²) in [6.45, 7) is 2.24. The van der Waals surface area contributed by atoms with E-state index in [1.54, 1.807) is 6.21 Å². The van der Waals surface area contributed by atoms with E-state index in [1.165, 1.54) is 37.7 Å². The zero-order chi connectivity index (χ0) is 10.9. The fourth-order valence-corrected chi connectivity index (χ4v) is 1.61. The van der Waals surface area contributed by atoms with Crippen LogP contribution in [-0.2, 0) is 6.42 Å². The van der Waals surface area contributed by atoms with Gasteiger partial charge in [-0.2, -0.15) is 5.10 Å². The Labute approximate surface area is 92.2 Å². The van der Waals surface area contributed by atoms with Crippen molar-refractivity contribution >= 4 is 6.21 Å². The Morgan fingerprint density at radius 1 is 1.13 bits per heavy atom. The molecule has 0 saturated carbocycles. The molecule has 0 aliphatic carbocycles. The van der Waals surface area contributed by atoms with Crippen molar-refractivity contribution in [3.8, 4) is 0 Å². The average Bonchev–Trinajstić information content (AvgIpc) is 2.27. The number of benzene rings is 1. The third kappa shape index (κ3) is 4.63. The van der Waals surface area contributed by atoms with Crippen molar-refractivity contribution in [2.24, 2.45) is 10.9 Å². The van der Waals surface area contributed by atoms with E-state index in [0.717, 1.165) is 5.56 Å². The van der Waals surface area contributed by atoms with Gasteiger partial charge in [0.05, 0.1) is 6.21 Å². The minimum Gasteiger partial charge on any atom is -0.323 e. The number of nitrogens with two attached hydrogens (primary N) is 1. The molecule has 2 N–H and O–H groups in total. The van der Waals surface area contributed by atoms with Crippen LogP contribution in [0.2, 0.25) is 0 Å². The summed E-state index contributed by atoms with van der Waals surface area (Å²) in [5.41, 5.74) is 2.47. The molecule has 0 atom stereocenters. The SMILES string of the molecule is CCCCCCc1ccc(/C=N/N)cc1. The third-order valence-electron chi connectivity index (χ3n) is 2.52. The monoisotopic (exact) mass is 204 g/mol. The Bertz CT molecular complexity index is 288. The van der Waals surface area contributed by atoms with Crippen LogP contribution in [0.1, 0.15) is 43.7 Å². The van der Waals surface area contributed by atoms with Gasteiger partial charge in [-0.15, -0.1) is 0 Å². The molecule has 0 spiro atoms. The van der Waals surface area contributed by atoms with E-state index < -0.39 is 0 Å². The molecule has 0 radical (unpaired) electrons. The van der Waals surface area contributed by atoms with E-state index in [4.69, 9.17) is 5.84 Å². The highest BCUT2D eigenvalue weighted by Crippen LogP contribution is 2.08. The molecule has 0 heterocycles. The highest BCUT2D eigenvalue weighted by Gasteiger charge is 1.93. The molecule has 2 nitrogen and oxygen atoms in total. The number of aryl methyl sites for hydroxylation is 1. The first-order chi connectivity index (χ1) is 7.36. The second kappa shape index (κ2) is 7.04. The number of rotatable bonds is 6. The van der Waals surface area contributed by atoms with Crippen molar-refractivity contribution in [2.75, 3.05) is 0 Å². The predicted octanol–water partition coefficient (Wildman–Crippen LogP) is 3.10. The molecule has 1 rings (SSSR count). The van der Waals surface area contributed by atoms with Gasteiger partial charge in [0.1, 0.15) is 0 Å². The molecule has 82 valence electrons. The first-order valence-corrected chi connectivity index (χ1v) is 5.69. The number of hydrazone groups is 1.